The van der Waals surface area contributed by atoms with E-state index >= 15 is 0 Å². The van der Waals surface area contributed by atoms with Crippen molar-refractivity contribution >= 4 is 17.9 Å². The zero-order chi connectivity index (χ0) is 15.1. The van der Waals surface area contributed by atoms with Gasteiger partial charge in [0.15, 0.2) is 13.2 Å². The number of rotatable bonds is 5. The predicted octanol–water partition coefficient (Wildman–Crippen LogP) is 0.420. The molecule has 0 aliphatic heterocycles. The van der Waals surface area contributed by atoms with E-state index in [4.69, 9.17) is 10.5 Å². The summed E-state index contributed by atoms with van der Waals surface area (Å²) in [5, 5.41) is 1.77. The van der Waals surface area contributed by atoms with E-state index in [2.05, 4.69) is 4.74 Å². The first-order chi connectivity index (χ1) is 9.38. The number of imide groups is 1. The average molecular weight is 280 g/mol. The van der Waals surface area contributed by atoms with E-state index in [1.54, 1.807) is 17.4 Å². The van der Waals surface area contributed by atoms with Gasteiger partial charge in [-0.1, -0.05) is 6.07 Å². The topological polar surface area (TPSA) is 108 Å². The Morgan fingerprint density at radius 2 is 1.85 bits per heavy atom. The number of benzene rings is 1. The SMILES string of the molecule is Cc1ccc(OCC(=O)OCC(=O)NC(N)=O)cc1C. The van der Waals surface area contributed by atoms with E-state index in [0.29, 0.717) is 5.75 Å². The molecule has 0 saturated carbocycles. The largest absolute Gasteiger partial charge is 0.482 e. The predicted molar refractivity (Wildman–Crippen MR) is 70.1 cm³/mol. The summed E-state index contributed by atoms with van der Waals surface area (Å²) in [4.78, 5) is 32.6. The van der Waals surface area contributed by atoms with Gasteiger partial charge in [0, 0.05) is 0 Å². The maximum absolute atomic E-state index is 11.3. The standard InChI is InChI=1S/C13H16N2O5/c1-8-3-4-10(5-9(8)2)19-7-12(17)20-6-11(16)15-13(14)18/h3-5H,6-7H2,1-2H3,(H3,14,15,16,18). The van der Waals surface area contributed by atoms with Crippen LogP contribution < -0.4 is 15.8 Å². The molecule has 7 nitrogen and oxygen atoms in total. The Morgan fingerprint density at radius 3 is 2.45 bits per heavy atom. The van der Waals surface area contributed by atoms with Gasteiger partial charge in [-0.25, -0.2) is 9.59 Å². The quantitative estimate of drug-likeness (QED) is 0.760. The summed E-state index contributed by atoms with van der Waals surface area (Å²) >= 11 is 0. The van der Waals surface area contributed by atoms with Crippen LogP contribution in [0.15, 0.2) is 18.2 Å². The Labute approximate surface area is 116 Å². The summed E-state index contributed by atoms with van der Waals surface area (Å²) in [6.07, 6.45) is 0. The molecule has 0 spiro atoms. The smallest absolute Gasteiger partial charge is 0.344 e. The lowest BCUT2D eigenvalue weighted by Gasteiger charge is -2.08. The summed E-state index contributed by atoms with van der Waals surface area (Å²) < 4.78 is 9.82. The van der Waals surface area contributed by atoms with Gasteiger partial charge in [-0.2, -0.15) is 0 Å². The molecule has 0 aliphatic rings. The molecule has 3 amide bonds. The van der Waals surface area contributed by atoms with Crippen LogP contribution in [0.25, 0.3) is 0 Å². The lowest BCUT2D eigenvalue weighted by Crippen LogP contribution is -2.38. The normalized spacial score (nSPS) is 9.70. The van der Waals surface area contributed by atoms with Gasteiger partial charge in [0.1, 0.15) is 5.75 Å². The molecular formula is C13H16N2O5. The number of esters is 1. The van der Waals surface area contributed by atoms with Crippen molar-refractivity contribution in [3.63, 3.8) is 0 Å². The highest BCUT2D eigenvalue weighted by molar-refractivity contribution is 5.94. The molecular weight excluding hydrogens is 264 g/mol. The summed E-state index contributed by atoms with van der Waals surface area (Å²) in [5.41, 5.74) is 6.88. The summed E-state index contributed by atoms with van der Waals surface area (Å²) in [5.74, 6) is -0.980. The molecule has 0 aromatic heterocycles. The molecule has 1 aromatic rings. The number of aryl methyl sites for hydroxylation is 2. The van der Waals surface area contributed by atoms with Gasteiger partial charge < -0.3 is 15.2 Å². The van der Waals surface area contributed by atoms with E-state index in [-0.39, 0.29) is 6.61 Å². The molecule has 0 fully saturated rings. The second kappa shape index (κ2) is 7.13. The van der Waals surface area contributed by atoms with Crippen molar-refractivity contribution in [2.75, 3.05) is 13.2 Å². The highest BCUT2D eigenvalue weighted by atomic mass is 16.6. The molecule has 7 heteroatoms. The maximum atomic E-state index is 11.3. The Bertz CT molecular complexity index is 527. The molecule has 0 atom stereocenters. The first-order valence-electron chi connectivity index (χ1n) is 5.83. The van der Waals surface area contributed by atoms with Gasteiger partial charge in [0.2, 0.25) is 0 Å². The van der Waals surface area contributed by atoms with Gasteiger partial charge in [-0.15, -0.1) is 0 Å². The summed E-state index contributed by atoms with van der Waals surface area (Å²) in [7, 11) is 0. The number of nitrogens with one attached hydrogen (secondary N) is 1. The van der Waals surface area contributed by atoms with Crippen LogP contribution >= 0.6 is 0 Å². The third kappa shape index (κ3) is 5.38. The molecule has 3 N–H and O–H groups in total. The van der Waals surface area contributed by atoms with Crippen LogP contribution in [0.2, 0.25) is 0 Å². The third-order valence-corrected chi connectivity index (χ3v) is 2.46. The average Bonchev–Trinajstić information content (AvgIpc) is 2.37. The maximum Gasteiger partial charge on any atom is 0.344 e. The number of primary amides is 1. The zero-order valence-corrected chi connectivity index (χ0v) is 11.3. The van der Waals surface area contributed by atoms with Crippen molar-refractivity contribution in [2.45, 2.75) is 13.8 Å². The lowest BCUT2D eigenvalue weighted by molar-refractivity contribution is -0.150. The molecule has 0 radical (unpaired) electrons. The zero-order valence-electron chi connectivity index (χ0n) is 11.3. The van der Waals surface area contributed by atoms with E-state index in [1.807, 2.05) is 19.9 Å². The molecule has 1 rings (SSSR count). The van der Waals surface area contributed by atoms with Crippen molar-refractivity contribution in [3.05, 3.63) is 29.3 Å². The molecule has 1 aromatic carbocycles. The van der Waals surface area contributed by atoms with Crippen molar-refractivity contribution in [3.8, 4) is 5.75 Å². The number of hydrogen-bond acceptors (Lipinski definition) is 5. The van der Waals surface area contributed by atoms with Crippen molar-refractivity contribution < 1.29 is 23.9 Å². The van der Waals surface area contributed by atoms with Gasteiger partial charge in [-0.05, 0) is 37.1 Å². The van der Waals surface area contributed by atoms with E-state index in [1.165, 1.54) is 0 Å². The fourth-order valence-electron chi connectivity index (χ4n) is 1.31. The number of urea groups is 1. The second-order valence-corrected chi connectivity index (χ2v) is 4.11. The van der Waals surface area contributed by atoms with Crippen molar-refractivity contribution in [2.24, 2.45) is 5.73 Å². The number of hydrogen-bond donors (Lipinski definition) is 2. The van der Waals surface area contributed by atoms with Gasteiger partial charge in [0.05, 0.1) is 0 Å². The van der Waals surface area contributed by atoms with Crippen LogP contribution in [0, 0.1) is 13.8 Å². The fraction of sp³-hybridized carbons (Fsp3) is 0.308. The van der Waals surface area contributed by atoms with E-state index in [0.717, 1.165) is 11.1 Å². The lowest BCUT2D eigenvalue weighted by atomic mass is 10.1. The third-order valence-electron chi connectivity index (χ3n) is 2.46. The molecule has 108 valence electrons. The van der Waals surface area contributed by atoms with Crippen molar-refractivity contribution in [1.82, 2.24) is 5.32 Å². The van der Waals surface area contributed by atoms with Crippen LogP contribution in [0.3, 0.4) is 0 Å². The summed E-state index contributed by atoms with van der Waals surface area (Å²) in [6.45, 7) is 2.98. The number of ether oxygens (including phenoxy) is 2. The highest BCUT2D eigenvalue weighted by Crippen LogP contribution is 2.16. The molecule has 0 unspecified atom stereocenters. The van der Waals surface area contributed by atoms with Crippen molar-refractivity contribution in [1.29, 1.82) is 0 Å². The molecule has 0 aliphatic carbocycles. The second-order valence-electron chi connectivity index (χ2n) is 4.11. The van der Waals surface area contributed by atoms with Crippen LogP contribution in [0.1, 0.15) is 11.1 Å². The fourth-order valence-corrected chi connectivity index (χ4v) is 1.31. The Balaban J connectivity index is 2.34. The van der Waals surface area contributed by atoms with Crippen LogP contribution in [0.5, 0.6) is 5.75 Å². The number of carbonyl (C=O) groups is 3. The van der Waals surface area contributed by atoms with Crippen LogP contribution in [0.4, 0.5) is 4.79 Å². The van der Waals surface area contributed by atoms with Crippen LogP contribution in [-0.4, -0.2) is 31.1 Å². The minimum Gasteiger partial charge on any atom is -0.482 e. The number of carbonyl (C=O) groups excluding carboxylic acids is 3. The number of amides is 3. The first-order valence-corrected chi connectivity index (χ1v) is 5.83. The van der Waals surface area contributed by atoms with E-state index in [9.17, 15) is 14.4 Å². The highest BCUT2D eigenvalue weighted by Gasteiger charge is 2.09. The Morgan fingerprint density at radius 1 is 1.15 bits per heavy atom. The molecule has 0 saturated heterocycles. The van der Waals surface area contributed by atoms with Gasteiger partial charge in [-0.3, -0.25) is 10.1 Å². The number of nitrogens with two attached hydrogens (primary N) is 1. The van der Waals surface area contributed by atoms with Crippen LogP contribution in [-0.2, 0) is 14.3 Å². The Kier molecular flexibility index (Phi) is 5.52. The minimum absolute atomic E-state index is 0.327. The Hall–Kier alpha value is -2.57. The molecule has 0 heterocycles. The monoisotopic (exact) mass is 280 g/mol. The molecule has 20 heavy (non-hydrogen) atoms. The van der Waals surface area contributed by atoms with Gasteiger partial charge in [0.25, 0.3) is 5.91 Å². The summed E-state index contributed by atoms with van der Waals surface area (Å²) in [6, 6.07) is 4.39. The van der Waals surface area contributed by atoms with Gasteiger partial charge >= 0.3 is 12.0 Å². The molecule has 0 bridgehead atoms. The first kappa shape index (κ1) is 15.5. The minimum atomic E-state index is -1.00. The van der Waals surface area contributed by atoms with E-state index < -0.39 is 24.5 Å².